The van der Waals surface area contributed by atoms with Gasteiger partial charge in [0.1, 0.15) is 0 Å². The van der Waals surface area contributed by atoms with E-state index in [2.05, 4.69) is 34.9 Å². The van der Waals surface area contributed by atoms with Crippen molar-refractivity contribution < 1.29 is 9.47 Å². The monoisotopic (exact) mass is 446 g/mol. The van der Waals surface area contributed by atoms with Crippen LogP contribution in [0, 0.1) is 0 Å². The molecule has 0 unspecified atom stereocenters. The van der Waals surface area contributed by atoms with Gasteiger partial charge >= 0.3 is 0 Å². The van der Waals surface area contributed by atoms with E-state index in [-0.39, 0.29) is 12.2 Å². The highest BCUT2D eigenvalue weighted by atomic mass is 35.5. The lowest BCUT2D eigenvalue weighted by molar-refractivity contribution is -0.00153. The minimum atomic E-state index is 0.209. The minimum Gasteiger partial charge on any atom is -0.372 e. The van der Waals surface area contributed by atoms with Gasteiger partial charge < -0.3 is 20.1 Å². The number of hydrogen-bond acceptors (Lipinski definition) is 4. The first-order chi connectivity index (χ1) is 14.7. The molecule has 2 N–H and O–H groups in total. The van der Waals surface area contributed by atoms with Crippen molar-refractivity contribution in [3.8, 4) is 0 Å². The summed E-state index contributed by atoms with van der Waals surface area (Å²) < 4.78 is 11.7. The predicted octanol–water partition coefficient (Wildman–Crippen LogP) is 4.63. The minimum absolute atomic E-state index is 0.209. The van der Waals surface area contributed by atoms with E-state index in [4.69, 9.17) is 32.7 Å². The summed E-state index contributed by atoms with van der Waals surface area (Å²) in [6.07, 6.45) is 4.85. The second-order valence-corrected chi connectivity index (χ2v) is 9.34. The molecule has 2 saturated heterocycles. The van der Waals surface area contributed by atoms with E-state index in [0.29, 0.717) is 12.1 Å². The molecule has 160 valence electrons. The molecule has 4 aliphatic rings. The first kappa shape index (κ1) is 20.7. The molecular formula is C24H28Cl2N2O2. The number of benzene rings is 2. The Balaban J connectivity index is 0.000000128. The third-order valence-electron chi connectivity index (χ3n) is 6.62. The summed E-state index contributed by atoms with van der Waals surface area (Å²) in [5, 5.41) is 8.43. The van der Waals surface area contributed by atoms with Crippen molar-refractivity contribution in [1.82, 2.24) is 10.6 Å². The molecule has 2 aromatic carbocycles. The highest BCUT2D eigenvalue weighted by molar-refractivity contribution is 6.30. The quantitative estimate of drug-likeness (QED) is 0.705. The third-order valence-corrected chi connectivity index (χ3v) is 7.09. The Bertz CT molecular complexity index is 825. The van der Waals surface area contributed by atoms with Crippen molar-refractivity contribution >= 4 is 23.2 Å². The van der Waals surface area contributed by atoms with Gasteiger partial charge in [0.15, 0.2) is 0 Å². The van der Waals surface area contributed by atoms with Crippen LogP contribution < -0.4 is 10.6 Å². The largest absolute Gasteiger partial charge is 0.372 e. The number of fused-ring (bicyclic) bond motifs is 2. The lowest BCUT2D eigenvalue weighted by atomic mass is 9.89. The average Bonchev–Trinajstić information content (AvgIpc) is 2.67. The van der Waals surface area contributed by atoms with Gasteiger partial charge in [0.25, 0.3) is 0 Å². The first-order valence-electron chi connectivity index (χ1n) is 11.0. The molecule has 0 saturated carbocycles. The molecule has 4 atom stereocenters. The third kappa shape index (κ3) is 4.27. The zero-order valence-corrected chi connectivity index (χ0v) is 18.5. The summed E-state index contributed by atoms with van der Waals surface area (Å²) in [5.74, 6) is 0. The van der Waals surface area contributed by atoms with Gasteiger partial charge in [-0.15, -0.1) is 0 Å². The van der Waals surface area contributed by atoms with Crippen LogP contribution in [0.25, 0.3) is 0 Å². The number of halogens is 2. The van der Waals surface area contributed by atoms with Crippen molar-refractivity contribution in [1.29, 1.82) is 0 Å². The van der Waals surface area contributed by atoms with Gasteiger partial charge in [0.2, 0.25) is 0 Å². The van der Waals surface area contributed by atoms with E-state index >= 15 is 0 Å². The molecule has 2 aromatic rings. The van der Waals surface area contributed by atoms with Gasteiger partial charge in [0.05, 0.1) is 25.4 Å². The van der Waals surface area contributed by atoms with Crippen LogP contribution >= 0.6 is 23.2 Å². The number of nitrogens with one attached hydrogen (secondary N) is 2. The van der Waals surface area contributed by atoms with Crippen LogP contribution in [0.4, 0.5) is 0 Å². The lowest BCUT2D eigenvalue weighted by Crippen LogP contribution is -2.48. The number of ether oxygens (including phenoxy) is 2. The zero-order chi connectivity index (χ0) is 20.5. The summed E-state index contributed by atoms with van der Waals surface area (Å²) in [4.78, 5) is 0. The molecule has 0 spiro atoms. The Morgan fingerprint density at radius 2 is 1.13 bits per heavy atom. The Kier molecular flexibility index (Phi) is 6.33. The van der Waals surface area contributed by atoms with E-state index in [1.807, 2.05) is 12.1 Å². The Morgan fingerprint density at radius 3 is 1.50 bits per heavy atom. The maximum absolute atomic E-state index is 6.03. The standard InChI is InChI=1S/2C12H14ClNO/c2*13-9-2-1-8-4-6-15-12(10(8)7-9)11-3-5-14-11/h2*1-2,7,11-12,14H,3-6H2/t11-,12+;11-,12-/m00/s1. The van der Waals surface area contributed by atoms with Crippen LogP contribution in [0.1, 0.15) is 47.3 Å². The molecule has 6 rings (SSSR count). The van der Waals surface area contributed by atoms with Gasteiger partial charge in [-0.2, -0.15) is 0 Å². The molecule has 4 nitrogen and oxygen atoms in total. The van der Waals surface area contributed by atoms with Gasteiger partial charge in [-0.1, -0.05) is 35.3 Å². The Labute approximate surface area is 188 Å². The van der Waals surface area contributed by atoms with Crippen molar-refractivity contribution in [3.05, 3.63) is 68.7 Å². The molecule has 2 fully saturated rings. The van der Waals surface area contributed by atoms with E-state index in [0.717, 1.165) is 49.2 Å². The molecule has 0 radical (unpaired) electrons. The van der Waals surface area contributed by atoms with Crippen molar-refractivity contribution in [3.63, 3.8) is 0 Å². The first-order valence-corrected chi connectivity index (χ1v) is 11.7. The molecule has 4 heterocycles. The summed E-state index contributed by atoms with van der Waals surface area (Å²) in [5.41, 5.74) is 5.35. The van der Waals surface area contributed by atoms with Crippen LogP contribution in [-0.4, -0.2) is 38.4 Å². The highest BCUT2D eigenvalue weighted by Crippen LogP contribution is 2.35. The predicted molar refractivity (Wildman–Crippen MR) is 121 cm³/mol. The van der Waals surface area contributed by atoms with Crippen molar-refractivity contribution in [2.24, 2.45) is 0 Å². The maximum Gasteiger partial charge on any atom is 0.0981 e. The van der Waals surface area contributed by atoms with E-state index in [1.54, 1.807) is 0 Å². The van der Waals surface area contributed by atoms with Gasteiger partial charge in [0, 0.05) is 22.1 Å². The molecule has 30 heavy (non-hydrogen) atoms. The average molecular weight is 447 g/mol. The van der Waals surface area contributed by atoms with Crippen molar-refractivity contribution in [2.75, 3.05) is 26.3 Å². The second kappa shape index (κ2) is 9.15. The summed E-state index contributed by atoms with van der Waals surface area (Å²) in [6, 6.07) is 13.3. The summed E-state index contributed by atoms with van der Waals surface area (Å²) in [6.45, 7) is 3.88. The Hall–Kier alpha value is -1.14. The molecule has 4 aliphatic heterocycles. The molecular weight excluding hydrogens is 419 g/mol. The van der Waals surface area contributed by atoms with Gasteiger partial charge in [-0.25, -0.2) is 0 Å². The molecule has 0 aliphatic carbocycles. The van der Waals surface area contributed by atoms with Gasteiger partial charge in [-0.05, 0) is 85.3 Å². The number of hydrogen-bond donors (Lipinski definition) is 2. The van der Waals surface area contributed by atoms with E-state index < -0.39 is 0 Å². The van der Waals surface area contributed by atoms with Crippen LogP contribution in [0.3, 0.4) is 0 Å². The SMILES string of the molecule is Clc1ccc2c(c1)[C@@H]([C@@H]1CCN1)OCC2.Clc1ccc2c(c1)[C@H]([C@@H]1CCN1)OCC2. The van der Waals surface area contributed by atoms with Crippen LogP contribution in [-0.2, 0) is 22.3 Å². The highest BCUT2D eigenvalue weighted by Gasteiger charge is 2.33. The van der Waals surface area contributed by atoms with Crippen LogP contribution in [0.15, 0.2) is 36.4 Å². The fourth-order valence-electron chi connectivity index (χ4n) is 4.69. The number of rotatable bonds is 2. The fourth-order valence-corrected chi connectivity index (χ4v) is 5.05. The van der Waals surface area contributed by atoms with Crippen LogP contribution in [0.5, 0.6) is 0 Å². The van der Waals surface area contributed by atoms with E-state index in [1.165, 1.54) is 35.1 Å². The topological polar surface area (TPSA) is 42.5 Å². The summed E-state index contributed by atoms with van der Waals surface area (Å²) in [7, 11) is 0. The summed E-state index contributed by atoms with van der Waals surface area (Å²) >= 11 is 12.1. The lowest BCUT2D eigenvalue weighted by Gasteiger charge is -2.38. The molecule has 0 aromatic heterocycles. The van der Waals surface area contributed by atoms with Crippen LogP contribution in [0.2, 0.25) is 10.0 Å². The smallest absolute Gasteiger partial charge is 0.0981 e. The normalized spacial score (nSPS) is 29.4. The maximum atomic E-state index is 6.03. The molecule has 0 amide bonds. The van der Waals surface area contributed by atoms with Crippen molar-refractivity contribution in [2.45, 2.75) is 50.0 Å². The Morgan fingerprint density at radius 1 is 0.700 bits per heavy atom. The molecule has 6 heteroatoms. The van der Waals surface area contributed by atoms with Gasteiger partial charge in [-0.3, -0.25) is 0 Å². The van der Waals surface area contributed by atoms with E-state index in [9.17, 15) is 0 Å². The fraction of sp³-hybridized carbons (Fsp3) is 0.500. The molecule has 0 bridgehead atoms. The second-order valence-electron chi connectivity index (χ2n) is 8.47. The zero-order valence-electron chi connectivity index (χ0n) is 17.0.